The van der Waals surface area contributed by atoms with Crippen LogP contribution in [-0.2, 0) is 41.6 Å². The van der Waals surface area contributed by atoms with E-state index >= 15 is 0 Å². The molecule has 0 heterocycles. The summed E-state index contributed by atoms with van der Waals surface area (Å²) in [6.07, 6.45) is 2.10. The van der Waals surface area contributed by atoms with Gasteiger partial charge < -0.3 is 25.1 Å². The molecule has 4 aromatic rings. The number of fused-ring (bicyclic) bond motifs is 6. The SMILES string of the molecule is O=CO.O=CO.[CH3-].[CH3-].[SiH2]=[Ti].[c-]1cccc2c1Cc1ccccc1-2.[c-]1cccc2c1Cc1ccccc1-2. The number of benzene rings is 4. The monoisotopic (exact) mass is 530 g/mol. The van der Waals surface area contributed by atoms with E-state index in [1.54, 1.807) is 0 Å². The summed E-state index contributed by atoms with van der Waals surface area (Å²) in [4.78, 5) is 16.7. The second-order valence-electron chi connectivity index (χ2n) is 7.00. The van der Waals surface area contributed by atoms with Gasteiger partial charge in [0.25, 0.3) is 12.9 Å². The third-order valence-corrected chi connectivity index (χ3v) is 5.23. The molecule has 2 N–H and O–H groups in total. The van der Waals surface area contributed by atoms with Crippen LogP contribution in [0.3, 0.4) is 0 Å². The molecular formula is C30H30O4SiTi-4. The summed E-state index contributed by atoms with van der Waals surface area (Å²) in [5.41, 5.74) is 11.0. The third-order valence-electron chi connectivity index (χ3n) is 5.23. The minimum Gasteiger partial charge on any atom is -0.179 e. The summed E-state index contributed by atoms with van der Waals surface area (Å²) in [6, 6.07) is 36.2. The third kappa shape index (κ3) is 8.45. The van der Waals surface area contributed by atoms with Crippen molar-refractivity contribution >= 4 is 20.6 Å². The van der Waals surface area contributed by atoms with E-state index in [9.17, 15) is 0 Å². The van der Waals surface area contributed by atoms with Crippen LogP contribution in [-0.4, -0.2) is 30.8 Å². The fraction of sp³-hybridized carbons (Fsp3) is 0.0667. The molecule has 186 valence electrons. The quantitative estimate of drug-likeness (QED) is 0.155. The normalized spacial score (nSPS) is 9.64. The molecule has 4 nitrogen and oxygen atoms in total. The van der Waals surface area contributed by atoms with Crippen LogP contribution in [0.25, 0.3) is 22.3 Å². The van der Waals surface area contributed by atoms with E-state index in [-0.39, 0.29) is 27.8 Å². The Labute approximate surface area is 228 Å². The van der Waals surface area contributed by atoms with E-state index in [0.717, 1.165) is 12.8 Å². The summed E-state index contributed by atoms with van der Waals surface area (Å²) in [5, 5.41) is 13.8. The van der Waals surface area contributed by atoms with Crippen molar-refractivity contribution in [2.75, 3.05) is 0 Å². The molecule has 4 aromatic carbocycles. The molecule has 6 rings (SSSR count). The number of hydrogen-bond donors (Lipinski definition) is 2. The first-order valence-electron chi connectivity index (χ1n) is 10.4. The molecule has 2 aliphatic carbocycles. The maximum absolute atomic E-state index is 8.36. The van der Waals surface area contributed by atoms with Gasteiger partial charge in [-0.15, -0.1) is 11.1 Å². The molecule has 0 spiro atoms. The molecule has 0 atom stereocenters. The molecule has 0 aromatic heterocycles. The zero-order valence-corrected chi connectivity index (χ0v) is 23.5. The summed E-state index contributed by atoms with van der Waals surface area (Å²) < 4.78 is 0. The second kappa shape index (κ2) is 18.1. The van der Waals surface area contributed by atoms with Crippen molar-refractivity contribution < 1.29 is 39.0 Å². The van der Waals surface area contributed by atoms with Gasteiger partial charge in [0.2, 0.25) is 0 Å². The van der Waals surface area contributed by atoms with Crippen LogP contribution in [0, 0.1) is 27.0 Å². The standard InChI is InChI=1S/2C13H9.2CH2O2.2CH3.H2Si.Ti/c2*1-3-7-12-10(5-1)9-11-6-2-4-8-13(11)12;2*2-1-3;;;;/h2*1-5,7-8H,9H2;2*1H,(H,2,3);2*1H3;1H2;/q2*-1;;;2*-1;;. The number of rotatable bonds is 0. The van der Waals surface area contributed by atoms with E-state index in [1.807, 2.05) is 38.9 Å². The van der Waals surface area contributed by atoms with E-state index in [0.29, 0.717) is 0 Å². The Morgan fingerprint density at radius 3 is 1.28 bits per heavy atom. The van der Waals surface area contributed by atoms with Crippen molar-refractivity contribution in [2.24, 2.45) is 0 Å². The Balaban J connectivity index is 0.000000509. The van der Waals surface area contributed by atoms with Crippen molar-refractivity contribution in [1.82, 2.24) is 0 Å². The van der Waals surface area contributed by atoms with E-state index in [4.69, 9.17) is 19.8 Å². The zero-order valence-electron chi connectivity index (χ0n) is 20.6. The molecule has 0 saturated carbocycles. The first kappa shape index (κ1) is 32.8. The Morgan fingerprint density at radius 1 is 0.611 bits per heavy atom. The van der Waals surface area contributed by atoms with Crippen molar-refractivity contribution in [1.29, 1.82) is 0 Å². The maximum Gasteiger partial charge on any atom is -0.0253 e. The van der Waals surface area contributed by atoms with Crippen molar-refractivity contribution in [3.8, 4) is 22.3 Å². The van der Waals surface area contributed by atoms with Gasteiger partial charge in [-0.1, -0.05) is 70.8 Å². The number of hydrogen-bond acceptors (Lipinski definition) is 2. The number of carbonyl (C=O) groups is 2. The predicted molar refractivity (Wildman–Crippen MR) is 146 cm³/mol. The van der Waals surface area contributed by atoms with Gasteiger partial charge in [0, 0.05) is 0 Å². The molecule has 0 fully saturated rings. The summed E-state index contributed by atoms with van der Waals surface area (Å²) in [7, 11) is 1.86. The van der Waals surface area contributed by atoms with Gasteiger partial charge in [-0.05, 0) is 12.8 Å². The number of carboxylic acid groups (broad SMARTS) is 2. The van der Waals surface area contributed by atoms with Gasteiger partial charge in [0.15, 0.2) is 0 Å². The van der Waals surface area contributed by atoms with Gasteiger partial charge in [-0.3, -0.25) is 9.59 Å². The molecule has 0 unspecified atom stereocenters. The van der Waals surface area contributed by atoms with Crippen molar-refractivity contribution in [3.05, 3.63) is 134 Å². The van der Waals surface area contributed by atoms with Crippen molar-refractivity contribution in [2.45, 2.75) is 12.8 Å². The Kier molecular flexibility index (Phi) is 16.4. The first-order chi connectivity index (χ1) is 16.7. The molecule has 2 aliphatic rings. The van der Waals surface area contributed by atoms with Crippen LogP contribution in [0.5, 0.6) is 0 Å². The van der Waals surface area contributed by atoms with E-state index < -0.39 is 0 Å². The zero-order chi connectivity index (χ0) is 24.8. The molecule has 0 saturated heterocycles. The van der Waals surface area contributed by atoms with Gasteiger partial charge in [-0.25, -0.2) is 0 Å². The molecule has 0 radical (unpaired) electrons. The summed E-state index contributed by atoms with van der Waals surface area (Å²) in [6.45, 7) is -0.500. The first-order valence-corrected chi connectivity index (χ1v) is 14.4. The molecule has 0 amide bonds. The fourth-order valence-corrected chi connectivity index (χ4v) is 4.00. The molecule has 6 heteroatoms. The van der Waals surface area contributed by atoms with Crippen LogP contribution in [0.4, 0.5) is 0 Å². The van der Waals surface area contributed by atoms with Crippen LogP contribution in [0.1, 0.15) is 22.3 Å². The molecule has 36 heavy (non-hydrogen) atoms. The maximum atomic E-state index is 8.36. The van der Waals surface area contributed by atoms with Crippen LogP contribution < -0.4 is 0 Å². The minimum absolute atomic E-state index is 0. The molecular weight excluding hydrogens is 500 g/mol. The van der Waals surface area contributed by atoms with Gasteiger partial charge in [0.05, 0.1) is 0 Å². The van der Waals surface area contributed by atoms with Crippen molar-refractivity contribution in [3.63, 3.8) is 0 Å². The Bertz CT molecular complexity index is 1040. The van der Waals surface area contributed by atoms with Crippen LogP contribution in [0.15, 0.2) is 84.9 Å². The van der Waals surface area contributed by atoms with Gasteiger partial charge in [-0.2, -0.15) is 59.7 Å². The topological polar surface area (TPSA) is 74.6 Å². The van der Waals surface area contributed by atoms with E-state index in [1.165, 1.54) is 44.5 Å². The molecule has 0 bridgehead atoms. The summed E-state index contributed by atoms with van der Waals surface area (Å²) in [5.74, 6) is 0. The summed E-state index contributed by atoms with van der Waals surface area (Å²) >= 11 is 2.03. The van der Waals surface area contributed by atoms with Crippen LogP contribution >= 0.6 is 0 Å². The van der Waals surface area contributed by atoms with Crippen LogP contribution in [0.2, 0.25) is 0 Å². The second-order valence-corrected chi connectivity index (χ2v) is 7.00. The predicted octanol–water partition coefficient (Wildman–Crippen LogP) is 5.50. The minimum atomic E-state index is -0.250. The van der Waals surface area contributed by atoms with Gasteiger partial charge in [0.1, 0.15) is 0 Å². The van der Waals surface area contributed by atoms with E-state index in [2.05, 4.69) is 84.9 Å². The Morgan fingerprint density at radius 2 is 0.917 bits per heavy atom. The average Bonchev–Trinajstić information content (AvgIpc) is 3.45. The fourth-order valence-electron chi connectivity index (χ4n) is 4.00. The largest absolute Gasteiger partial charge is 0.179 e. The average molecular weight is 531 g/mol. The smallest absolute Gasteiger partial charge is 0.0253 e. The molecule has 0 aliphatic heterocycles. The van der Waals surface area contributed by atoms with Gasteiger partial charge >= 0.3 is 26.8 Å². The Hall–Kier alpha value is -3.25.